The predicted octanol–water partition coefficient (Wildman–Crippen LogP) is 6.57. The maximum absolute atomic E-state index is 13.9. The Kier molecular flexibility index (Phi) is 8.74. The monoisotopic (exact) mass is 537 g/mol. The van der Waals surface area contributed by atoms with Gasteiger partial charge in [-0.3, -0.25) is 4.79 Å². The van der Waals surface area contributed by atoms with Crippen molar-refractivity contribution in [3.63, 3.8) is 0 Å². The van der Waals surface area contributed by atoms with E-state index in [4.69, 9.17) is 27.9 Å². The van der Waals surface area contributed by atoms with E-state index in [1.54, 1.807) is 49.9 Å². The first kappa shape index (κ1) is 27.7. The highest BCUT2D eigenvalue weighted by Gasteiger charge is 2.47. The number of sulfone groups is 1. The number of hydrogen-bond acceptors (Lipinski definition) is 4. The van der Waals surface area contributed by atoms with Crippen molar-refractivity contribution in [2.24, 2.45) is 0 Å². The molecule has 0 saturated carbocycles. The lowest BCUT2D eigenvalue weighted by Gasteiger charge is -2.48. The van der Waals surface area contributed by atoms with E-state index in [2.05, 4.69) is 6.58 Å². The molecule has 0 aromatic heterocycles. The fraction of sp³-hybridized carbons (Fsp3) is 0.444. The number of benzene rings is 2. The molecule has 8 heteroatoms. The van der Waals surface area contributed by atoms with Crippen molar-refractivity contribution in [2.75, 3.05) is 5.75 Å². The van der Waals surface area contributed by atoms with Crippen LogP contribution in [0.4, 0.5) is 0 Å². The molecule has 35 heavy (non-hydrogen) atoms. The summed E-state index contributed by atoms with van der Waals surface area (Å²) in [5.41, 5.74) is 1.61. The highest BCUT2D eigenvalue weighted by atomic mass is 35.5. The third-order valence-electron chi connectivity index (χ3n) is 6.41. The lowest BCUT2D eigenvalue weighted by atomic mass is 9.89. The van der Waals surface area contributed by atoms with Gasteiger partial charge in [-0.1, -0.05) is 60.5 Å². The summed E-state index contributed by atoms with van der Waals surface area (Å²) in [6.07, 6.45) is 1.07. The van der Waals surface area contributed by atoms with Gasteiger partial charge in [0.05, 0.1) is 16.5 Å². The van der Waals surface area contributed by atoms with Crippen molar-refractivity contribution in [2.45, 2.75) is 69.6 Å². The van der Waals surface area contributed by atoms with Crippen molar-refractivity contribution in [1.29, 1.82) is 0 Å². The van der Waals surface area contributed by atoms with Crippen LogP contribution in [0.15, 0.2) is 61.2 Å². The zero-order valence-corrected chi connectivity index (χ0v) is 22.9. The fourth-order valence-electron chi connectivity index (χ4n) is 4.31. The number of morpholine rings is 1. The van der Waals surface area contributed by atoms with Gasteiger partial charge in [-0.25, -0.2) is 8.42 Å². The topological polar surface area (TPSA) is 63.7 Å². The number of nitrogens with zero attached hydrogens (tertiary/aromatic N) is 1. The van der Waals surface area contributed by atoms with Crippen molar-refractivity contribution in [3.05, 3.63) is 82.4 Å². The zero-order valence-electron chi connectivity index (χ0n) is 20.6. The Labute approximate surface area is 219 Å². The largest absolute Gasteiger partial charge is 0.358 e. The van der Waals surface area contributed by atoms with Gasteiger partial charge in [-0.2, -0.15) is 0 Å². The van der Waals surface area contributed by atoms with Gasteiger partial charge in [0.15, 0.2) is 9.84 Å². The number of halogens is 2. The predicted molar refractivity (Wildman–Crippen MR) is 143 cm³/mol. The molecule has 0 bridgehead atoms. The summed E-state index contributed by atoms with van der Waals surface area (Å²) in [6, 6.07) is 13.5. The normalized spacial score (nSPS) is 22.2. The molecule has 1 unspecified atom stereocenters. The van der Waals surface area contributed by atoms with Gasteiger partial charge < -0.3 is 9.64 Å². The van der Waals surface area contributed by atoms with Gasteiger partial charge in [0.1, 0.15) is 12.2 Å². The first-order valence-corrected chi connectivity index (χ1v) is 14.1. The van der Waals surface area contributed by atoms with Crippen molar-refractivity contribution in [3.8, 4) is 0 Å². The minimum Gasteiger partial charge on any atom is -0.358 e. The third-order valence-corrected chi connectivity index (χ3v) is 9.58. The Balaban J connectivity index is 2.20. The standard InChI is InChI=1S/C27H33Cl2NO4S/c1-6-9-23-26(31)30(22(7-2)17-35(32,33)27(3,4)5)24(18-12-14-20(28)15-13-18)25(34-23)19-10-8-11-21(29)16-19/h6,8,10-16,22-25H,1,7,9,17H2,2-5H3/t22?,23-,24-,25-/m1/s1. The van der Waals surface area contributed by atoms with Gasteiger partial charge in [-0.05, 0) is 62.6 Å². The molecular weight excluding hydrogens is 505 g/mol. The molecule has 2 aromatic carbocycles. The Bertz CT molecular complexity index is 1160. The van der Waals surface area contributed by atoms with Gasteiger partial charge in [0, 0.05) is 22.5 Å². The van der Waals surface area contributed by atoms with Crippen LogP contribution in [-0.4, -0.2) is 41.9 Å². The Morgan fingerprint density at radius 1 is 1.09 bits per heavy atom. The molecular formula is C27H33Cl2NO4S. The number of carbonyl (C=O) groups excluding carboxylic acids is 1. The number of rotatable bonds is 8. The highest BCUT2D eigenvalue weighted by molar-refractivity contribution is 7.92. The van der Waals surface area contributed by atoms with Crippen LogP contribution in [0.2, 0.25) is 10.0 Å². The van der Waals surface area contributed by atoms with Crippen LogP contribution in [0.1, 0.15) is 63.8 Å². The molecule has 1 aliphatic heterocycles. The van der Waals surface area contributed by atoms with E-state index in [9.17, 15) is 13.2 Å². The molecule has 5 nitrogen and oxygen atoms in total. The summed E-state index contributed by atoms with van der Waals surface area (Å²) < 4.78 is 31.9. The number of amides is 1. The summed E-state index contributed by atoms with van der Waals surface area (Å²) in [5.74, 6) is -0.398. The molecule has 1 heterocycles. The maximum Gasteiger partial charge on any atom is 0.252 e. The van der Waals surface area contributed by atoms with Crippen LogP contribution < -0.4 is 0 Å². The van der Waals surface area contributed by atoms with Crippen molar-refractivity contribution < 1.29 is 17.9 Å². The molecule has 4 atom stereocenters. The van der Waals surface area contributed by atoms with Gasteiger partial charge in [-0.15, -0.1) is 6.58 Å². The van der Waals surface area contributed by atoms with Crippen LogP contribution >= 0.6 is 23.2 Å². The van der Waals surface area contributed by atoms with E-state index in [-0.39, 0.29) is 11.7 Å². The lowest BCUT2D eigenvalue weighted by Crippen LogP contribution is -2.56. The molecule has 0 aliphatic carbocycles. The molecule has 1 amide bonds. The maximum atomic E-state index is 13.9. The molecule has 2 aromatic rings. The van der Waals surface area contributed by atoms with Crippen LogP contribution in [0, 0.1) is 0 Å². The minimum absolute atomic E-state index is 0.147. The van der Waals surface area contributed by atoms with E-state index in [0.29, 0.717) is 22.9 Å². The Morgan fingerprint density at radius 3 is 2.29 bits per heavy atom. The molecule has 0 spiro atoms. The molecule has 1 saturated heterocycles. The molecule has 0 N–H and O–H groups in total. The van der Waals surface area contributed by atoms with E-state index in [0.717, 1.165) is 11.1 Å². The fourth-order valence-corrected chi connectivity index (χ4v) is 6.04. The van der Waals surface area contributed by atoms with Crippen molar-refractivity contribution in [1.82, 2.24) is 4.90 Å². The summed E-state index contributed by atoms with van der Waals surface area (Å²) in [5, 5.41) is 1.11. The zero-order chi connectivity index (χ0) is 26.0. The summed E-state index contributed by atoms with van der Waals surface area (Å²) in [4.78, 5) is 15.6. The number of carbonyl (C=O) groups is 1. The Morgan fingerprint density at radius 2 is 1.74 bits per heavy atom. The van der Waals surface area contributed by atoms with Crippen LogP contribution in [-0.2, 0) is 19.4 Å². The smallest absolute Gasteiger partial charge is 0.252 e. The number of ether oxygens (including phenoxy) is 1. The van der Waals surface area contributed by atoms with E-state index in [1.807, 2.05) is 37.3 Å². The van der Waals surface area contributed by atoms with E-state index < -0.39 is 38.9 Å². The summed E-state index contributed by atoms with van der Waals surface area (Å²) >= 11 is 12.5. The van der Waals surface area contributed by atoms with Crippen molar-refractivity contribution >= 4 is 38.9 Å². The van der Waals surface area contributed by atoms with Crippen LogP contribution in [0.25, 0.3) is 0 Å². The molecule has 190 valence electrons. The van der Waals surface area contributed by atoms with Gasteiger partial charge in [0.25, 0.3) is 5.91 Å². The highest BCUT2D eigenvalue weighted by Crippen LogP contribution is 2.45. The molecule has 1 fully saturated rings. The average molecular weight is 539 g/mol. The van der Waals surface area contributed by atoms with Gasteiger partial charge in [0.2, 0.25) is 0 Å². The van der Waals surface area contributed by atoms with E-state index >= 15 is 0 Å². The molecule has 0 radical (unpaired) electrons. The second kappa shape index (κ2) is 11.0. The number of hydrogen-bond donors (Lipinski definition) is 0. The first-order valence-electron chi connectivity index (χ1n) is 11.7. The first-order chi connectivity index (χ1) is 16.4. The molecule has 3 rings (SSSR count). The second-order valence-corrected chi connectivity index (χ2v) is 13.5. The van der Waals surface area contributed by atoms with Crippen LogP contribution in [0.5, 0.6) is 0 Å². The average Bonchev–Trinajstić information content (AvgIpc) is 2.78. The Hall–Kier alpha value is -1.86. The SMILES string of the molecule is C=CC[C@H]1O[C@H](c2cccc(Cl)c2)[C@@H](c2ccc(Cl)cc2)N(C(CC)CS(=O)(=O)C(C)(C)C)C1=O. The van der Waals surface area contributed by atoms with Gasteiger partial charge >= 0.3 is 0 Å². The minimum atomic E-state index is -3.51. The quantitative estimate of drug-likeness (QED) is 0.357. The third kappa shape index (κ3) is 6.11. The molecule has 1 aliphatic rings. The summed E-state index contributed by atoms with van der Waals surface area (Å²) in [7, 11) is -3.51. The summed E-state index contributed by atoms with van der Waals surface area (Å²) in [6.45, 7) is 10.7. The van der Waals surface area contributed by atoms with Crippen LogP contribution in [0.3, 0.4) is 0 Å². The second-order valence-electron chi connectivity index (χ2n) is 9.82. The van der Waals surface area contributed by atoms with E-state index in [1.165, 1.54) is 0 Å². The lowest BCUT2D eigenvalue weighted by molar-refractivity contribution is -0.178.